The quantitative estimate of drug-likeness (QED) is 0.835. The van der Waals surface area contributed by atoms with Crippen LogP contribution in [0.5, 0.6) is 0 Å². The van der Waals surface area contributed by atoms with Gasteiger partial charge in [-0.25, -0.2) is 4.39 Å². The van der Waals surface area contributed by atoms with Crippen molar-refractivity contribution >= 4 is 5.91 Å². The molecule has 16 heavy (non-hydrogen) atoms. The number of carbonyl (C=O) groups is 1. The fourth-order valence-corrected chi connectivity index (χ4v) is 1.82. The van der Waals surface area contributed by atoms with Gasteiger partial charge in [0, 0.05) is 12.1 Å². The van der Waals surface area contributed by atoms with Gasteiger partial charge in [0.15, 0.2) is 0 Å². The molecule has 0 atom stereocenters. The monoisotopic (exact) mass is 221 g/mol. The first kappa shape index (κ1) is 11.1. The molecule has 1 N–H and O–H groups in total. The molecule has 3 heteroatoms. The number of aryl methyl sites for hydroxylation is 1. The van der Waals surface area contributed by atoms with Gasteiger partial charge in [-0.3, -0.25) is 4.79 Å². The number of halogens is 1. The molecule has 2 nitrogen and oxygen atoms in total. The molecule has 1 aromatic carbocycles. The fourth-order valence-electron chi connectivity index (χ4n) is 1.82. The van der Waals surface area contributed by atoms with E-state index >= 15 is 0 Å². The van der Waals surface area contributed by atoms with Crippen molar-refractivity contribution in [3.8, 4) is 0 Å². The lowest BCUT2D eigenvalue weighted by molar-refractivity contribution is 0.0939. The van der Waals surface area contributed by atoms with Crippen LogP contribution in [0.3, 0.4) is 0 Å². The summed E-state index contributed by atoms with van der Waals surface area (Å²) in [6.45, 7) is 2.41. The Labute approximate surface area is 94.9 Å². The molecule has 1 amide bonds. The minimum absolute atomic E-state index is 0.102. The number of rotatable bonds is 3. The second-order valence-electron chi connectivity index (χ2n) is 4.47. The van der Waals surface area contributed by atoms with Crippen LogP contribution in [0.25, 0.3) is 0 Å². The Bertz CT molecular complexity index is 399. The van der Waals surface area contributed by atoms with Crippen molar-refractivity contribution < 1.29 is 9.18 Å². The van der Waals surface area contributed by atoms with Crippen molar-refractivity contribution in [1.29, 1.82) is 0 Å². The summed E-state index contributed by atoms with van der Waals surface area (Å²) in [5, 5.41) is 2.89. The van der Waals surface area contributed by atoms with Crippen LogP contribution in [0, 0.1) is 18.7 Å². The van der Waals surface area contributed by atoms with E-state index in [-0.39, 0.29) is 11.7 Å². The SMILES string of the molecule is Cc1cc(C(=O)NCC2CCC2)ccc1F. The van der Waals surface area contributed by atoms with Crippen LogP contribution in [-0.2, 0) is 0 Å². The molecule has 1 fully saturated rings. The van der Waals surface area contributed by atoms with Crippen LogP contribution in [0.4, 0.5) is 4.39 Å². The second kappa shape index (κ2) is 4.64. The van der Waals surface area contributed by atoms with E-state index < -0.39 is 0 Å². The van der Waals surface area contributed by atoms with Gasteiger partial charge in [0.2, 0.25) is 0 Å². The van der Waals surface area contributed by atoms with Crippen LogP contribution in [0.15, 0.2) is 18.2 Å². The Morgan fingerprint density at radius 3 is 2.81 bits per heavy atom. The molecular formula is C13H16FNO. The predicted molar refractivity (Wildman–Crippen MR) is 60.8 cm³/mol. The molecule has 0 bridgehead atoms. The minimum Gasteiger partial charge on any atom is -0.352 e. The zero-order valence-corrected chi connectivity index (χ0v) is 9.42. The Morgan fingerprint density at radius 2 is 2.25 bits per heavy atom. The average molecular weight is 221 g/mol. The Kier molecular flexibility index (Phi) is 3.22. The summed E-state index contributed by atoms with van der Waals surface area (Å²) in [4.78, 5) is 11.7. The summed E-state index contributed by atoms with van der Waals surface area (Å²) >= 11 is 0. The van der Waals surface area contributed by atoms with Crippen LogP contribution >= 0.6 is 0 Å². The van der Waals surface area contributed by atoms with Crippen LogP contribution in [0.1, 0.15) is 35.2 Å². The van der Waals surface area contributed by atoms with Gasteiger partial charge in [0.25, 0.3) is 5.91 Å². The number of amides is 1. The molecule has 0 radical (unpaired) electrons. The van der Waals surface area contributed by atoms with Gasteiger partial charge < -0.3 is 5.32 Å². The number of nitrogens with one attached hydrogen (secondary N) is 1. The van der Waals surface area contributed by atoms with Crippen LogP contribution in [0.2, 0.25) is 0 Å². The number of benzene rings is 1. The van der Waals surface area contributed by atoms with E-state index in [4.69, 9.17) is 0 Å². The highest BCUT2D eigenvalue weighted by atomic mass is 19.1. The van der Waals surface area contributed by atoms with E-state index in [2.05, 4.69) is 5.32 Å². The molecule has 0 unspecified atom stereocenters. The molecule has 0 aliphatic heterocycles. The number of carbonyl (C=O) groups excluding carboxylic acids is 1. The third kappa shape index (κ3) is 2.40. The van der Waals surface area contributed by atoms with E-state index in [9.17, 15) is 9.18 Å². The lowest BCUT2D eigenvalue weighted by atomic mass is 9.85. The topological polar surface area (TPSA) is 29.1 Å². The van der Waals surface area contributed by atoms with Crippen molar-refractivity contribution in [2.75, 3.05) is 6.54 Å². The zero-order chi connectivity index (χ0) is 11.5. The second-order valence-corrected chi connectivity index (χ2v) is 4.47. The lowest BCUT2D eigenvalue weighted by Crippen LogP contribution is -2.32. The predicted octanol–water partition coefficient (Wildman–Crippen LogP) is 2.66. The minimum atomic E-state index is -0.268. The maximum absolute atomic E-state index is 13.0. The van der Waals surface area contributed by atoms with Gasteiger partial charge in [0.05, 0.1) is 0 Å². The molecule has 86 valence electrons. The zero-order valence-electron chi connectivity index (χ0n) is 9.42. The summed E-state index contributed by atoms with van der Waals surface area (Å²) in [6.07, 6.45) is 3.70. The standard InChI is InChI=1S/C13H16FNO/c1-9-7-11(5-6-12(9)14)13(16)15-8-10-3-2-4-10/h5-7,10H,2-4,8H2,1H3,(H,15,16). The molecule has 0 aromatic heterocycles. The third-order valence-corrected chi connectivity index (χ3v) is 3.20. The molecule has 2 rings (SSSR count). The molecule has 1 aromatic rings. The Balaban J connectivity index is 1.94. The van der Waals surface area contributed by atoms with E-state index in [0.717, 1.165) is 6.54 Å². The van der Waals surface area contributed by atoms with Crippen LogP contribution in [-0.4, -0.2) is 12.5 Å². The summed E-state index contributed by atoms with van der Waals surface area (Å²) < 4.78 is 13.0. The maximum Gasteiger partial charge on any atom is 0.251 e. The molecular weight excluding hydrogens is 205 g/mol. The maximum atomic E-state index is 13.0. The molecule has 1 saturated carbocycles. The van der Waals surface area contributed by atoms with Gasteiger partial charge in [-0.05, 0) is 49.4 Å². The summed E-state index contributed by atoms with van der Waals surface area (Å²) in [5.41, 5.74) is 1.05. The Hall–Kier alpha value is -1.38. The van der Waals surface area contributed by atoms with E-state index in [0.29, 0.717) is 17.0 Å². The molecule has 0 heterocycles. The first-order chi connectivity index (χ1) is 7.66. The first-order valence-electron chi connectivity index (χ1n) is 5.71. The molecule has 0 saturated heterocycles. The van der Waals surface area contributed by atoms with Gasteiger partial charge >= 0.3 is 0 Å². The largest absolute Gasteiger partial charge is 0.352 e. The van der Waals surface area contributed by atoms with Gasteiger partial charge in [-0.15, -0.1) is 0 Å². The highest BCUT2D eigenvalue weighted by Gasteiger charge is 2.18. The average Bonchev–Trinajstić information content (AvgIpc) is 2.19. The third-order valence-electron chi connectivity index (χ3n) is 3.20. The number of hydrogen-bond donors (Lipinski definition) is 1. The van der Waals surface area contributed by atoms with Crippen molar-refractivity contribution in [2.45, 2.75) is 26.2 Å². The highest BCUT2D eigenvalue weighted by Crippen LogP contribution is 2.25. The smallest absolute Gasteiger partial charge is 0.251 e. The summed E-state index contributed by atoms with van der Waals surface area (Å²) in [6, 6.07) is 4.46. The van der Waals surface area contributed by atoms with Crippen molar-refractivity contribution in [2.24, 2.45) is 5.92 Å². The first-order valence-corrected chi connectivity index (χ1v) is 5.71. The summed E-state index contributed by atoms with van der Waals surface area (Å²) in [7, 11) is 0. The molecule has 1 aliphatic rings. The van der Waals surface area contributed by atoms with E-state index in [1.165, 1.54) is 31.4 Å². The normalized spacial score (nSPS) is 15.6. The van der Waals surface area contributed by atoms with Crippen LogP contribution < -0.4 is 5.32 Å². The van der Waals surface area contributed by atoms with E-state index in [1.807, 2.05) is 0 Å². The summed E-state index contributed by atoms with van der Waals surface area (Å²) in [5.74, 6) is 0.274. The van der Waals surface area contributed by atoms with Crippen molar-refractivity contribution in [3.63, 3.8) is 0 Å². The Morgan fingerprint density at radius 1 is 1.50 bits per heavy atom. The van der Waals surface area contributed by atoms with Gasteiger partial charge in [-0.2, -0.15) is 0 Å². The molecule has 1 aliphatic carbocycles. The van der Waals surface area contributed by atoms with Gasteiger partial charge in [0.1, 0.15) is 5.82 Å². The van der Waals surface area contributed by atoms with Gasteiger partial charge in [-0.1, -0.05) is 6.42 Å². The highest BCUT2D eigenvalue weighted by molar-refractivity contribution is 5.94. The fraction of sp³-hybridized carbons (Fsp3) is 0.462. The van der Waals surface area contributed by atoms with E-state index in [1.54, 1.807) is 13.0 Å². The number of hydrogen-bond acceptors (Lipinski definition) is 1. The molecule has 0 spiro atoms. The van der Waals surface area contributed by atoms with Crippen molar-refractivity contribution in [3.05, 3.63) is 35.1 Å². The lowest BCUT2D eigenvalue weighted by Gasteiger charge is -2.25. The van der Waals surface area contributed by atoms with Crippen molar-refractivity contribution in [1.82, 2.24) is 5.32 Å².